The molecule has 0 bridgehead atoms. The van der Waals surface area contributed by atoms with Gasteiger partial charge < -0.3 is 14.5 Å². The summed E-state index contributed by atoms with van der Waals surface area (Å²) in [5.41, 5.74) is 1.38. The van der Waals surface area contributed by atoms with Crippen molar-refractivity contribution in [1.29, 1.82) is 0 Å². The summed E-state index contributed by atoms with van der Waals surface area (Å²) in [4.78, 5) is 28.5. The molecule has 1 aromatic carbocycles. The normalized spacial score (nSPS) is 21.9. The molecule has 1 atom stereocenters. The molecule has 2 amide bonds. The Labute approximate surface area is 149 Å². The number of carbonyl (C=O) groups excluding carboxylic acids is 2. The van der Waals surface area contributed by atoms with E-state index in [1.165, 1.54) is 5.56 Å². The van der Waals surface area contributed by atoms with Gasteiger partial charge in [-0.25, -0.2) is 4.79 Å². The van der Waals surface area contributed by atoms with Crippen LogP contribution in [0.2, 0.25) is 0 Å². The molecule has 2 fully saturated rings. The van der Waals surface area contributed by atoms with Crippen LogP contribution < -0.4 is 0 Å². The second kappa shape index (κ2) is 8.37. The third-order valence-corrected chi connectivity index (χ3v) is 5.37. The molecular weight excluding hydrogens is 316 g/mol. The summed E-state index contributed by atoms with van der Waals surface area (Å²) in [5.74, 6) is 0.680. The van der Waals surface area contributed by atoms with Gasteiger partial charge in [-0.15, -0.1) is 0 Å². The van der Waals surface area contributed by atoms with Gasteiger partial charge in [-0.1, -0.05) is 30.3 Å². The second-order valence-electron chi connectivity index (χ2n) is 6.99. The van der Waals surface area contributed by atoms with E-state index >= 15 is 0 Å². The van der Waals surface area contributed by atoms with Gasteiger partial charge in [0.2, 0.25) is 5.91 Å². The predicted molar refractivity (Wildman–Crippen MR) is 96.3 cm³/mol. The van der Waals surface area contributed by atoms with E-state index in [0.717, 1.165) is 38.8 Å². The maximum atomic E-state index is 12.9. The quantitative estimate of drug-likeness (QED) is 0.846. The summed E-state index contributed by atoms with van der Waals surface area (Å²) in [7, 11) is 0. The molecule has 5 heteroatoms. The van der Waals surface area contributed by atoms with Crippen molar-refractivity contribution in [2.24, 2.45) is 5.92 Å². The first-order valence-electron chi connectivity index (χ1n) is 9.44. The Morgan fingerprint density at radius 2 is 1.76 bits per heavy atom. The van der Waals surface area contributed by atoms with E-state index in [-0.39, 0.29) is 17.9 Å². The average Bonchev–Trinajstić information content (AvgIpc) is 2.68. The van der Waals surface area contributed by atoms with Crippen LogP contribution in [-0.2, 0) is 9.53 Å². The number of hydrogen-bond donors (Lipinski definition) is 0. The van der Waals surface area contributed by atoms with E-state index in [2.05, 4.69) is 24.3 Å². The fourth-order valence-electron chi connectivity index (χ4n) is 3.98. The maximum Gasteiger partial charge on any atom is 0.409 e. The summed E-state index contributed by atoms with van der Waals surface area (Å²) in [6.07, 6.45) is 3.49. The average molecular weight is 344 g/mol. The SMILES string of the molecule is CCOC(=O)N1CCCC(C(=O)N2CCC(c3ccccc3)CC2)C1. The van der Waals surface area contributed by atoms with Crippen molar-refractivity contribution in [3.8, 4) is 0 Å². The first-order valence-corrected chi connectivity index (χ1v) is 9.44. The van der Waals surface area contributed by atoms with E-state index < -0.39 is 0 Å². The molecule has 1 unspecified atom stereocenters. The van der Waals surface area contributed by atoms with Gasteiger partial charge in [-0.2, -0.15) is 0 Å². The number of likely N-dealkylation sites (tertiary alicyclic amines) is 2. The smallest absolute Gasteiger partial charge is 0.409 e. The van der Waals surface area contributed by atoms with Gasteiger partial charge in [0.1, 0.15) is 0 Å². The number of ether oxygens (including phenoxy) is 1. The molecule has 2 aliphatic heterocycles. The third kappa shape index (κ3) is 4.33. The van der Waals surface area contributed by atoms with E-state index in [4.69, 9.17) is 4.74 Å². The lowest BCUT2D eigenvalue weighted by Gasteiger charge is -2.37. The molecule has 0 radical (unpaired) electrons. The lowest BCUT2D eigenvalue weighted by Crippen LogP contribution is -2.48. The van der Waals surface area contributed by atoms with Crippen molar-refractivity contribution in [1.82, 2.24) is 9.80 Å². The molecule has 0 aromatic heterocycles. The zero-order valence-corrected chi connectivity index (χ0v) is 15.0. The molecule has 0 aliphatic carbocycles. The summed E-state index contributed by atoms with van der Waals surface area (Å²) in [6.45, 7) is 5.00. The van der Waals surface area contributed by atoms with Gasteiger partial charge in [0, 0.05) is 26.2 Å². The molecule has 3 rings (SSSR count). The van der Waals surface area contributed by atoms with Crippen LogP contribution in [0.5, 0.6) is 0 Å². The number of rotatable bonds is 3. The highest BCUT2D eigenvalue weighted by Crippen LogP contribution is 2.29. The summed E-state index contributed by atoms with van der Waals surface area (Å²) >= 11 is 0. The number of nitrogens with zero attached hydrogens (tertiary/aromatic N) is 2. The highest BCUT2D eigenvalue weighted by atomic mass is 16.6. The second-order valence-corrected chi connectivity index (χ2v) is 6.99. The zero-order valence-electron chi connectivity index (χ0n) is 15.0. The standard InChI is InChI=1S/C20H28N2O3/c1-2-25-20(24)22-12-6-9-18(15-22)19(23)21-13-10-17(11-14-21)16-7-4-3-5-8-16/h3-5,7-8,17-18H,2,6,9-15H2,1H3. The van der Waals surface area contributed by atoms with Crippen LogP contribution in [0.25, 0.3) is 0 Å². The molecule has 2 heterocycles. The highest BCUT2D eigenvalue weighted by molar-refractivity contribution is 5.80. The van der Waals surface area contributed by atoms with Gasteiger partial charge in [0.25, 0.3) is 0 Å². The van der Waals surface area contributed by atoms with Gasteiger partial charge >= 0.3 is 6.09 Å². The lowest BCUT2D eigenvalue weighted by molar-refractivity contribution is -0.138. The van der Waals surface area contributed by atoms with E-state index in [1.54, 1.807) is 11.8 Å². The van der Waals surface area contributed by atoms with Crippen LogP contribution in [0.4, 0.5) is 4.79 Å². The zero-order chi connectivity index (χ0) is 17.6. The molecule has 2 aliphatic rings. The van der Waals surface area contributed by atoms with Crippen molar-refractivity contribution in [2.45, 2.75) is 38.5 Å². The van der Waals surface area contributed by atoms with Crippen LogP contribution in [0.1, 0.15) is 44.1 Å². The van der Waals surface area contributed by atoms with Crippen molar-refractivity contribution < 1.29 is 14.3 Å². The van der Waals surface area contributed by atoms with E-state index in [0.29, 0.717) is 25.6 Å². The summed E-state index contributed by atoms with van der Waals surface area (Å²) in [5, 5.41) is 0. The Kier molecular flexibility index (Phi) is 5.95. The summed E-state index contributed by atoms with van der Waals surface area (Å²) in [6, 6.07) is 10.6. The van der Waals surface area contributed by atoms with Gasteiger partial charge in [-0.05, 0) is 44.1 Å². The van der Waals surface area contributed by atoms with Crippen LogP contribution in [0.3, 0.4) is 0 Å². The minimum Gasteiger partial charge on any atom is -0.450 e. The molecule has 0 N–H and O–H groups in total. The Hall–Kier alpha value is -2.04. The Morgan fingerprint density at radius 1 is 1.04 bits per heavy atom. The van der Waals surface area contributed by atoms with E-state index in [9.17, 15) is 9.59 Å². The number of benzene rings is 1. The Bertz CT molecular complexity index is 582. The van der Waals surface area contributed by atoms with Crippen LogP contribution in [0, 0.1) is 5.92 Å². The Morgan fingerprint density at radius 3 is 2.44 bits per heavy atom. The number of carbonyl (C=O) groups is 2. The molecule has 0 saturated carbocycles. The fourth-order valence-corrected chi connectivity index (χ4v) is 3.98. The molecule has 25 heavy (non-hydrogen) atoms. The molecule has 0 spiro atoms. The molecule has 2 saturated heterocycles. The van der Waals surface area contributed by atoms with Gasteiger partial charge in [0.05, 0.1) is 12.5 Å². The molecule has 136 valence electrons. The number of amides is 2. The van der Waals surface area contributed by atoms with Crippen LogP contribution in [-0.4, -0.2) is 54.6 Å². The van der Waals surface area contributed by atoms with Crippen LogP contribution in [0.15, 0.2) is 30.3 Å². The van der Waals surface area contributed by atoms with Crippen molar-refractivity contribution in [3.05, 3.63) is 35.9 Å². The van der Waals surface area contributed by atoms with Crippen molar-refractivity contribution in [2.75, 3.05) is 32.8 Å². The van der Waals surface area contributed by atoms with E-state index in [1.807, 2.05) is 11.0 Å². The fraction of sp³-hybridized carbons (Fsp3) is 0.600. The number of piperidine rings is 2. The first-order chi connectivity index (χ1) is 12.2. The van der Waals surface area contributed by atoms with Crippen molar-refractivity contribution >= 4 is 12.0 Å². The minimum absolute atomic E-state index is 0.0774. The lowest BCUT2D eigenvalue weighted by atomic mass is 9.88. The topological polar surface area (TPSA) is 49.9 Å². The summed E-state index contributed by atoms with van der Waals surface area (Å²) < 4.78 is 5.08. The minimum atomic E-state index is -0.289. The predicted octanol–water partition coefficient (Wildman–Crippen LogP) is 3.26. The third-order valence-electron chi connectivity index (χ3n) is 5.37. The first kappa shape index (κ1) is 17.8. The van der Waals surface area contributed by atoms with Crippen molar-refractivity contribution in [3.63, 3.8) is 0 Å². The molecular formula is C20H28N2O3. The molecule has 1 aromatic rings. The Balaban J connectivity index is 1.53. The number of hydrogen-bond acceptors (Lipinski definition) is 3. The monoisotopic (exact) mass is 344 g/mol. The van der Waals surface area contributed by atoms with Gasteiger partial charge in [0.15, 0.2) is 0 Å². The largest absolute Gasteiger partial charge is 0.450 e. The van der Waals surface area contributed by atoms with Gasteiger partial charge in [-0.3, -0.25) is 4.79 Å². The van der Waals surface area contributed by atoms with Crippen LogP contribution >= 0.6 is 0 Å². The molecule has 5 nitrogen and oxygen atoms in total. The highest BCUT2D eigenvalue weighted by Gasteiger charge is 2.33. The maximum absolute atomic E-state index is 12.9.